The van der Waals surface area contributed by atoms with Crippen LogP contribution in [0.5, 0.6) is 23.0 Å². The molecule has 418 valence electrons. The summed E-state index contributed by atoms with van der Waals surface area (Å²) in [5, 5.41) is 29.5. The number of anilines is 1. The number of amides is 1. The lowest BCUT2D eigenvalue weighted by Crippen LogP contribution is -2.34. The van der Waals surface area contributed by atoms with Gasteiger partial charge in [0.05, 0.1) is 164 Å². The van der Waals surface area contributed by atoms with Crippen molar-refractivity contribution in [1.82, 2.24) is 10.6 Å². The lowest BCUT2D eigenvalue weighted by Gasteiger charge is -2.36. The number of hydrogen-bond acceptors (Lipinski definition) is 20. The fourth-order valence-electron chi connectivity index (χ4n) is 7.26. The Balaban J connectivity index is 0.718. The average molecular weight is 1080 g/mol. The van der Waals surface area contributed by atoms with Gasteiger partial charge in [0.1, 0.15) is 28.6 Å². The fourth-order valence-corrected chi connectivity index (χ4v) is 7.48. The summed E-state index contributed by atoms with van der Waals surface area (Å²) in [6.45, 7) is 17.0. The van der Waals surface area contributed by atoms with Crippen molar-refractivity contribution in [1.29, 1.82) is 0 Å². The molecule has 0 fully saturated rings. The van der Waals surface area contributed by atoms with Crippen LogP contribution in [-0.4, -0.2) is 205 Å². The van der Waals surface area contributed by atoms with Gasteiger partial charge in [-0.2, -0.15) is 0 Å². The van der Waals surface area contributed by atoms with E-state index >= 15 is 0 Å². The van der Waals surface area contributed by atoms with E-state index in [0.717, 1.165) is 0 Å². The number of carbonyl (C=O) groups excluding carboxylic acids is 2. The number of esters is 1. The minimum Gasteiger partial charge on any atom is -0.508 e. The third kappa shape index (κ3) is 22.6. The summed E-state index contributed by atoms with van der Waals surface area (Å²) in [7, 11) is 0. The highest BCUT2D eigenvalue weighted by Crippen LogP contribution is 2.57. The van der Waals surface area contributed by atoms with Gasteiger partial charge in [0.25, 0.3) is 0 Å². The molecule has 1 spiro atoms. The molecule has 0 bridgehead atoms. The molecule has 22 nitrogen and oxygen atoms in total. The first-order valence-electron chi connectivity index (χ1n) is 25.1. The van der Waals surface area contributed by atoms with Crippen molar-refractivity contribution < 1.29 is 90.9 Å². The molecule has 0 saturated heterocycles. The topological polar surface area (TPSA) is 249 Å². The molecule has 5 N–H and O–H groups in total. The van der Waals surface area contributed by atoms with E-state index in [-0.39, 0.29) is 11.5 Å². The number of hydrogen-bond donors (Lipinski definition) is 5. The first kappa shape index (κ1) is 60.9. The van der Waals surface area contributed by atoms with Crippen molar-refractivity contribution in [3.05, 3.63) is 76.9 Å². The minimum absolute atomic E-state index is 0.0155. The highest BCUT2D eigenvalue weighted by molar-refractivity contribution is 7.80. The molecule has 0 aromatic heterocycles. The molecule has 0 radical (unpaired) electrons. The van der Waals surface area contributed by atoms with E-state index in [2.05, 4.69) is 16.0 Å². The second-order valence-electron chi connectivity index (χ2n) is 17.5. The number of alkyl carbamates (subject to hydrolysis) is 1. The minimum atomic E-state index is -1.34. The first-order chi connectivity index (χ1) is 36.5. The summed E-state index contributed by atoms with van der Waals surface area (Å²) < 4.78 is 83.5. The van der Waals surface area contributed by atoms with Gasteiger partial charge in [-0.3, -0.25) is 0 Å². The number of aromatic hydroxyl groups is 2. The van der Waals surface area contributed by atoms with Crippen LogP contribution in [-0.2, 0) is 71.9 Å². The monoisotopic (exact) mass is 1080 g/mol. The Hall–Kier alpha value is -4.99. The lowest BCUT2D eigenvalue weighted by atomic mass is 9.77. The number of thiocarbonyl (C=S) groups is 1. The number of ether oxygens (including phenoxy) is 15. The molecule has 0 aliphatic carbocycles. The van der Waals surface area contributed by atoms with Crippen LogP contribution in [0.15, 0.2) is 54.6 Å². The van der Waals surface area contributed by atoms with Crippen LogP contribution in [0, 0.1) is 0 Å². The maximum Gasteiger partial charge on any atom is 0.407 e. The van der Waals surface area contributed by atoms with Crippen molar-refractivity contribution in [2.45, 2.75) is 32.0 Å². The van der Waals surface area contributed by atoms with E-state index < -0.39 is 23.3 Å². The Labute approximate surface area is 444 Å². The second-order valence-corrected chi connectivity index (χ2v) is 17.9. The summed E-state index contributed by atoms with van der Waals surface area (Å²) >= 11 is 5.47. The van der Waals surface area contributed by atoms with Crippen LogP contribution >= 0.6 is 12.2 Å². The largest absolute Gasteiger partial charge is 0.508 e. The van der Waals surface area contributed by atoms with Gasteiger partial charge in [0.15, 0.2) is 10.7 Å². The molecule has 0 atom stereocenters. The summed E-state index contributed by atoms with van der Waals surface area (Å²) in [4.78, 5) is 24.9. The summed E-state index contributed by atoms with van der Waals surface area (Å²) in [6.07, 6.45) is -0.462. The second kappa shape index (κ2) is 34.6. The SMILES string of the molecule is CC(C)(C)OC(=O)NCCOCCOCCOCCOCCOCCOCCOCCOCCOCCOCCOCCOCCNC(=S)Nc1ccc2c(c1)C(=O)OC21c2ccc(O)cc2Oc2cc(O)ccc21. The van der Waals surface area contributed by atoms with Crippen LogP contribution < -0.4 is 20.7 Å². The quantitative estimate of drug-likeness (QED) is 0.0295. The molecule has 75 heavy (non-hydrogen) atoms. The Morgan fingerprint density at radius 2 is 0.853 bits per heavy atom. The van der Waals surface area contributed by atoms with E-state index in [4.69, 9.17) is 83.3 Å². The molecular formula is C52H75N3O19S. The van der Waals surface area contributed by atoms with Crippen molar-refractivity contribution >= 4 is 35.1 Å². The Morgan fingerprint density at radius 3 is 1.23 bits per heavy atom. The molecule has 1 amide bonds. The van der Waals surface area contributed by atoms with Crippen molar-refractivity contribution in [3.63, 3.8) is 0 Å². The fraction of sp³-hybridized carbons (Fsp3) is 0.596. The molecule has 2 aliphatic rings. The zero-order chi connectivity index (χ0) is 53.4. The van der Waals surface area contributed by atoms with Crippen molar-refractivity contribution in [2.75, 3.05) is 177 Å². The van der Waals surface area contributed by atoms with Gasteiger partial charge in [-0.15, -0.1) is 0 Å². The van der Waals surface area contributed by atoms with Gasteiger partial charge >= 0.3 is 12.1 Å². The predicted octanol–water partition coefficient (Wildman–Crippen LogP) is 4.68. The molecule has 3 aromatic carbocycles. The Bertz CT molecular complexity index is 2090. The van der Waals surface area contributed by atoms with E-state index in [1.165, 1.54) is 24.3 Å². The van der Waals surface area contributed by atoms with Crippen LogP contribution in [0.3, 0.4) is 0 Å². The molecule has 2 aliphatic heterocycles. The summed E-state index contributed by atoms with van der Waals surface area (Å²) in [5.74, 6) is 0.0467. The maximum atomic E-state index is 13.4. The molecule has 3 aromatic rings. The molecule has 5 rings (SSSR count). The Morgan fingerprint density at radius 1 is 0.507 bits per heavy atom. The maximum absolute atomic E-state index is 13.4. The number of nitrogens with one attached hydrogen (secondary N) is 3. The van der Waals surface area contributed by atoms with Gasteiger partial charge in [-0.25, -0.2) is 9.59 Å². The first-order valence-corrected chi connectivity index (χ1v) is 25.5. The molecule has 23 heteroatoms. The number of phenols is 2. The van der Waals surface area contributed by atoms with E-state index in [9.17, 15) is 19.8 Å². The van der Waals surface area contributed by atoms with Crippen LogP contribution in [0.2, 0.25) is 0 Å². The third-order valence-electron chi connectivity index (χ3n) is 10.6. The van der Waals surface area contributed by atoms with Crippen molar-refractivity contribution in [3.8, 4) is 23.0 Å². The highest BCUT2D eigenvalue weighted by atomic mass is 32.1. The zero-order valence-corrected chi connectivity index (χ0v) is 44.1. The Kier molecular flexibility index (Phi) is 28.1. The van der Waals surface area contributed by atoms with Crippen LogP contribution in [0.25, 0.3) is 0 Å². The van der Waals surface area contributed by atoms with Crippen molar-refractivity contribution in [2.24, 2.45) is 0 Å². The zero-order valence-electron chi connectivity index (χ0n) is 43.3. The van der Waals surface area contributed by atoms with Gasteiger partial charge in [-0.1, -0.05) is 6.07 Å². The van der Waals surface area contributed by atoms with Gasteiger partial charge in [0.2, 0.25) is 0 Å². The number of phenolic OH excluding ortho intramolecular Hbond substituents is 2. The van der Waals surface area contributed by atoms with Crippen LogP contribution in [0.4, 0.5) is 10.5 Å². The van der Waals surface area contributed by atoms with E-state index in [1.807, 2.05) is 20.8 Å². The number of benzene rings is 3. The summed E-state index contributed by atoms with van der Waals surface area (Å²) in [6, 6.07) is 14.5. The molecule has 0 unspecified atom stereocenters. The standard InChI is InChI=1S/C52H75N3O19S/c1-51(2,3)74-50(59)54-11-13-61-15-17-63-19-21-65-23-25-67-27-29-69-31-33-71-35-34-70-32-30-68-28-26-66-24-22-64-20-18-62-16-14-60-12-10-53-49(75)55-39-4-7-43-42(36-39)48(58)73-52(43)44-8-5-40(56)37-46(44)72-47-38-41(57)6-9-45(47)52/h4-9,36-38,56-57H,10-35H2,1-3H3,(H,54,59)(H2,53,55,75). The normalized spacial score (nSPS) is 13.2. The third-order valence-corrected chi connectivity index (χ3v) is 10.8. The van der Waals surface area contributed by atoms with Crippen LogP contribution in [0.1, 0.15) is 47.8 Å². The number of carbonyl (C=O) groups is 2. The number of fused-ring (bicyclic) bond motifs is 6. The summed E-state index contributed by atoms with van der Waals surface area (Å²) in [5.41, 5.74) is 0.743. The van der Waals surface area contributed by atoms with E-state index in [1.54, 1.807) is 30.3 Å². The van der Waals surface area contributed by atoms with Gasteiger partial charge < -0.3 is 97.2 Å². The van der Waals surface area contributed by atoms with E-state index in [0.29, 0.717) is 216 Å². The highest BCUT2D eigenvalue weighted by Gasteiger charge is 2.53. The lowest BCUT2D eigenvalue weighted by molar-refractivity contribution is -0.0283. The van der Waals surface area contributed by atoms with Gasteiger partial charge in [0, 0.05) is 47.6 Å². The van der Waals surface area contributed by atoms with Gasteiger partial charge in [-0.05, 0) is 69.4 Å². The smallest absolute Gasteiger partial charge is 0.407 e. The average Bonchev–Trinajstić information content (AvgIpc) is 3.72. The predicted molar refractivity (Wildman–Crippen MR) is 276 cm³/mol. The number of rotatable bonds is 40. The molecule has 0 saturated carbocycles. The molecule has 2 heterocycles. The molecular weight excluding hydrogens is 1000 g/mol.